The van der Waals surface area contributed by atoms with Crippen LogP contribution in [-0.2, 0) is 0 Å². The van der Waals surface area contributed by atoms with Crippen molar-refractivity contribution >= 4 is 5.91 Å². The first-order valence-corrected chi connectivity index (χ1v) is 7.24. The van der Waals surface area contributed by atoms with Crippen LogP contribution in [0.1, 0.15) is 53.7 Å². The zero-order chi connectivity index (χ0) is 15.3. The van der Waals surface area contributed by atoms with E-state index in [0.717, 1.165) is 29.5 Å². The molecule has 0 radical (unpaired) electrons. The van der Waals surface area contributed by atoms with Gasteiger partial charge in [-0.3, -0.25) is 4.79 Å². The van der Waals surface area contributed by atoms with E-state index in [1.165, 1.54) is 5.56 Å². The number of benzene rings is 1. The van der Waals surface area contributed by atoms with Crippen molar-refractivity contribution in [3.05, 3.63) is 34.4 Å². The van der Waals surface area contributed by atoms with Crippen LogP contribution in [0, 0.1) is 26.2 Å². The van der Waals surface area contributed by atoms with E-state index in [1.54, 1.807) is 0 Å². The molecule has 1 amide bonds. The number of aryl methyl sites for hydroxylation is 3. The second-order valence-electron chi connectivity index (χ2n) is 6.46. The molecule has 112 valence electrons. The number of aliphatic hydroxyl groups is 1. The third-order valence-corrected chi connectivity index (χ3v) is 3.65. The van der Waals surface area contributed by atoms with Gasteiger partial charge in [-0.2, -0.15) is 0 Å². The quantitative estimate of drug-likeness (QED) is 0.785. The fourth-order valence-electron chi connectivity index (χ4n) is 2.47. The Balaban J connectivity index is 2.56. The summed E-state index contributed by atoms with van der Waals surface area (Å²) in [5.41, 5.74) is 3.95. The monoisotopic (exact) mass is 277 g/mol. The van der Waals surface area contributed by atoms with Crippen LogP contribution in [0.5, 0.6) is 0 Å². The second-order valence-corrected chi connectivity index (χ2v) is 6.46. The van der Waals surface area contributed by atoms with Crippen LogP contribution in [0.3, 0.4) is 0 Å². The third-order valence-electron chi connectivity index (χ3n) is 3.65. The molecule has 2 N–H and O–H groups in total. The minimum absolute atomic E-state index is 0.00167. The molecular weight excluding hydrogens is 250 g/mol. The number of carbonyl (C=O) groups is 1. The number of nitrogens with one attached hydrogen (secondary N) is 1. The molecule has 0 aliphatic carbocycles. The first-order valence-electron chi connectivity index (χ1n) is 7.24. The molecule has 0 bridgehead atoms. The molecule has 20 heavy (non-hydrogen) atoms. The summed E-state index contributed by atoms with van der Waals surface area (Å²) < 4.78 is 0. The molecule has 0 atom stereocenters. The Labute approximate surface area is 122 Å². The van der Waals surface area contributed by atoms with Crippen molar-refractivity contribution in [3.63, 3.8) is 0 Å². The SMILES string of the molecule is Cc1cc(C)c(C(=O)NCCCC(C)(C)CO)c(C)c1. The van der Waals surface area contributed by atoms with Gasteiger partial charge in [-0.15, -0.1) is 0 Å². The maximum absolute atomic E-state index is 12.2. The van der Waals surface area contributed by atoms with Crippen molar-refractivity contribution in [1.29, 1.82) is 0 Å². The summed E-state index contributed by atoms with van der Waals surface area (Å²) in [4.78, 5) is 12.2. The Morgan fingerprint density at radius 1 is 1.20 bits per heavy atom. The molecule has 0 aliphatic rings. The van der Waals surface area contributed by atoms with E-state index < -0.39 is 0 Å². The van der Waals surface area contributed by atoms with Gasteiger partial charge in [-0.1, -0.05) is 31.5 Å². The first kappa shape index (κ1) is 16.7. The van der Waals surface area contributed by atoms with Gasteiger partial charge in [-0.25, -0.2) is 0 Å². The highest BCUT2D eigenvalue weighted by Crippen LogP contribution is 2.20. The van der Waals surface area contributed by atoms with Crippen LogP contribution in [-0.4, -0.2) is 24.2 Å². The Morgan fingerprint density at radius 2 is 1.75 bits per heavy atom. The topological polar surface area (TPSA) is 49.3 Å². The average molecular weight is 277 g/mol. The molecule has 0 aromatic heterocycles. The number of carbonyl (C=O) groups excluding carboxylic acids is 1. The number of rotatable bonds is 6. The average Bonchev–Trinajstić information content (AvgIpc) is 2.33. The lowest BCUT2D eigenvalue weighted by Gasteiger charge is -2.21. The first-order chi connectivity index (χ1) is 9.26. The van der Waals surface area contributed by atoms with Crippen LogP contribution in [0.25, 0.3) is 0 Å². The largest absolute Gasteiger partial charge is 0.396 e. The van der Waals surface area contributed by atoms with E-state index in [2.05, 4.69) is 5.32 Å². The maximum atomic E-state index is 12.2. The Bertz CT molecular complexity index is 455. The number of hydrogen-bond acceptors (Lipinski definition) is 2. The van der Waals surface area contributed by atoms with Gasteiger partial charge in [0.15, 0.2) is 0 Å². The smallest absolute Gasteiger partial charge is 0.251 e. The highest BCUT2D eigenvalue weighted by Gasteiger charge is 2.16. The summed E-state index contributed by atoms with van der Waals surface area (Å²) in [6.07, 6.45) is 1.78. The summed E-state index contributed by atoms with van der Waals surface area (Å²) in [5.74, 6) is 0.00167. The van der Waals surface area contributed by atoms with Crippen molar-refractivity contribution < 1.29 is 9.90 Å². The molecule has 0 saturated heterocycles. The molecule has 3 nitrogen and oxygen atoms in total. The van der Waals surface area contributed by atoms with E-state index in [4.69, 9.17) is 0 Å². The Hall–Kier alpha value is -1.35. The van der Waals surface area contributed by atoms with Gasteiger partial charge in [0.25, 0.3) is 5.91 Å². The van der Waals surface area contributed by atoms with Gasteiger partial charge in [0.1, 0.15) is 0 Å². The summed E-state index contributed by atoms with van der Waals surface area (Å²) >= 11 is 0. The van der Waals surface area contributed by atoms with Crippen molar-refractivity contribution in [2.45, 2.75) is 47.5 Å². The van der Waals surface area contributed by atoms with Gasteiger partial charge in [0, 0.05) is 18.7 Å². The standard InChI is InChI=1S/C17H27NO2/c1-12-9-13(2)15(14(3)10-12)16(20)18-8-6-7-17(4,5)11-19/h9-10,19H,6-8,11H2,1-5H3,(H,18,20). The zero-order valence-electron chi connectivity index (χ0n) is 13.3. The normalized spacial score (nSPS) is 11.5. The molecule has 0 heterocycles. The lowest BCUT2D eigenvalue weighted by Crippen LogP contribution is -2.27. The lowest BCUT2D eigenvalue weighted by molar-refractivity contribution is 0.0947. The van der Waals surface area contributed by atoms with Crippen molar-refractivity contribution in [3.8, 4) is 0 Å². The molecule has 0 aliphatic heterocycles. The maximum Gasteiger partial charge on any atom is 0.251 e. The molecular formula is C17H27NO2. The number of aliphatic hydroxyl groups excluding tert-OH is 1. The van der Waals surface area contributed by atoms with Crippen molar-refractivity contribution in [1.82, 2.24) is 5.32 Å². The van der Waals surface area contributed by atoms with Gasteiger partial charge in [0.05, 0.1) is 0 Å². The molecule has 0 saturated carbocycles. The van der Waals surface area contributed by atoms with E-state index in [1.807, 2.05) is 46.8 Å². The molecule has 0 spiro atoms. The Kier molecular flexibility index (Phi) is 5.75. The highest BCUT2D eigenvalue weighted by molar-refractivity contribution is 5.97. The number of amides is 1. The van der Waals surface area contributed by atoms with E-state index in [9.17, 15) is 9.90 Å². The van der Waals surface area contributed by atoms with Crippen LogP contribution in [0.2, 0.25) is 0 Å². The lowest BCUT2D eigenvalue weighted by atomic mass is 9.89. The van der Waals surface area contributed by atoms with Crippen molar-refractivity contribution in [2.75, 3.05) is 13.2 Å². The van der Waals surface area contributed by atoms with E-state index >= 15 is 0 Å². The van der Waals surface area contributed by atoms with Gasteiger partial charge in [0.2, 0.25) is 0 Å². The minimum atomic E-state index is -0.0690. The predicted molar refractivity (Wildman–Crippen MR) is 83.1 cm³/mol. The molecule has 1 aromatic rings. The second kappa shape index (κ2) is 6.89. The van der Waals surface area contributed by atoms with Crippen LogP contribution >= 0.6 is 0 Å². The minimum Gasteiger partial charge on any atom is -0.396 e. The van der Waals surface area contributed by atoms with Gasteiger partial charge >= 0.3 is 0 Å². The molecule has 1 aromatic carbocycles. The summed E-state index contributed by atoms with van der Waals surface area (Å²) in [5, 5.41) is 12.2. The zero-order valence-corrected chi connectivity index (χ0v) is 13.3. The summed E-state index contributed by atoms with van der Waals surface area (Å²) in [6.45, 7) is 10.9. The third kappa shape index (κ3) is 4.64. The molecule has 1 rings (SSSR count). The van der Waals surface area contributed by atoms with Crippen LogP contribution < -0.4 is 5.32 Å². The van der Waals surface area contributed by atoms with E-state index in [0.29, 0.717) is 6.54 Å². The highest BCUT2D eigenvalue weighted by atomic mass is 16.3. The summed E-state index contributed by atoms with van der Waals surface area (Å²) in [6, 6.07) is 4.08. The van der Waals surface area contributed by atoms with Gasteiger partial charge < -0.3 is 10.4 Å². The molecule has 0 unspecified atom stereocenters. The number of hydrogen-bond donors (Lipinski definition) is 2. The van der Waals surface area contributed by atoms with Crippen LogP contribution in [0.15, 0.2) is 12.1 Å². The Morgan fingerprint density at radius 3 is 2.25 bits per heavy atom. The summed E-state index contributed by atoms with van der Waals surface area (Å²) in [7, 11) is 0. The fourth-order valence-corrected chi connectivity index (χ4v) is 2.47. The fraction of sp³-hybridized carbons (Fsp3) is 0.588. The predicted octanol–water partition coefficient (Wildman–Crippen LogP) is 3.14. The molecule has 0 fully saturated rings. The van der Waals surface area contributed by atoms with Crippen molar-refractivity contribution in [2.24, 2.45) is 5.41 Å². The molecule has 3 heteroatoms. The van der Waals surface area contributed by atoms with E-state index in [-0.39, 0.29) is 17.9 Å². The van der Waals surface area contributed by atoms with Crippen LogP contribution in [0.4, 0.5) is 0 Å². The van der Waals surface area contributed by atoms with Gasteiger partial charge in [-0.05, 0) is 50.2 Å².